The van der Waals surface area contributed by atoms with Crippen LogP contribution < -0.4 is 11.0 Å². The molecule has 4 aliphatic rings. The van der Waals surface area contributed by atoms with Crippen LogP contribution in [0.4, 0.5) is 0 Å². The van der Waals surface area contributed by atoms with Gasteiger partial charge in [-0.15, -0.1) is 5.10 Å². The number of aromatic nitrogens is 5. The average molecular weight is 342 g/mol. The quantitative estimate of drug-likeness (QED) is 0.875. The Labute approximate surface area is 144 Å². The summed E-state index contributed by atoms with van der Waals surface area (Å²) in [6.45, 7) is 2.37. The van der Waals surface area contributed by atoms with E-state index in [-0.39, 0.29) is 28.5 Å². The second-order valence-electron chi connectivity index (χ2n) is 8.79. The van der Waals surface area contributed by atoms with Gasteiger partial charge in [0.25, 0.3) is 5.91 Å². The van der Waals surface area contributed by atoms with E-state index >= 15 is 0 Å². The van der Waals surface area contributed by atoms with Crippen LogP contribution in [0.5, 0.6) is 0 Å². The molecule has 0 spiro atoms. The topological polar surface area (TPSA) is 94.2 Å². The molecule has 0 saturated heterocycles. The van der Waals surface area contributed by atoms with Gasteiger partial charge in [-0.3, -0.25) is 4.79 Å². The Kier molecular flexibility index (Phi) is 2.81. The van der Waals surface area contributed by atoms with Gasteiger partial charge >= 0.3 is 5.69 Å². The van der Waals surface area contributed by atoms with Crippen LogP contribution in [0, 0.1) is 17.3 Å². The Hall–Kier alpha value is -2.25. The molecular weight excluding hydrogens is 320 g/mol. The molecule has 132 valence electrons. The third-order valence-corrected chi connectivity index (χ3v) is 6.45. The van der Waals surface area contributed by atoms with Gasteiger partial charge in [0.05, 0.1) is 0 Å². The second-order valence-corrected chi connectivity index (χ2v) is 8.79. The van der Waals surface area contributed by atoms with Gasteiger partial charge in [0.15, 0.2) is 11.3 Å². The summed E-state index contributed by atoms with van der Waals surface area (Å²) in [5.74, 6) is 1.20. The first-order chi connectivity index (χ1) is 11.9. The predicted octanol–water partition coefficient (Wildman–Crippen LogP) is 0.912. The third-order valence-electron chi connectivity index (χ3n) is 6.45. The average Bonchev–Trinajstić information content (AvgIpc) is 2.92. The minimum atomic E-state index is -0.362. The van der Waals surface area contributed by atoms with E-state index in [1.54, 1.807) is 0 Å². The summed E-state index contributed by atoms with van der Waals surface area (Å²) in [5, 5.41) is 11.0. The highest BCUT2D eigenvalue weighted by Gasteiger charge is 2.56. The molecule has 0 radical (unpaired) electrons. The fourth-order valence-corrected chi connectivity index (χ4v) is 6.21. The van der Waals surface area contributed by atoms with Crippen molar-refractivity contribution >= 4 is 11.6 Å². The summed E-state index contributed by atoms with van der Waals surface area (Å²) >= 11 is 0. The van der Waals surface area contributed by atoms with Crippen molar-refractivity contribution in [2.75, 3.05) is 0 Å². The lowest BCUT2D eigenvalue weighted by atomic mass is 9.47. The maximum absolute atomic E-state index is 12.9. The molecule has 1 N–H and O–H groups in total. The van der Waals surface area contributed by atoms with Crippen LogP contribution in [-0.2, 0) is 7.05 Å². The molecule has 8 nitrogen and oxygen atoms in total. The van der Waals surface area contributed by atoms with Crippen LogP contribution in [0.3, 0.4) is 0 Å². The molecule has 0 aliphatic heterocycles. The number of carbonyl (C=O) groups is 1. The van der Waals surface area contributed by atoms with Crippen LogP contribution in [-0.4, -0.2) is 35.8 Å². The molecule has 6 rings (SSSR count). The van der Waals surface area contributed by atoms with Crippen molar-refractivity contribution < 1.29 is 4.79 Å². The van der Waals surface area contributed by atoms with Gasteiger partial charge in [0.1, 0.15) is 6.33 Å². The van der Waals surface area contributed by atoms with Crippen molar-refractivity contribution in [3.05, 3.63) is 22.5 Å². The molecule has 0 aromatic carbocycles. The summed E-state index contributed by atoms with van der Waals surface area (Å²) in [6.07, 6.45) is 8.39. The standard InChI is InChI=1S/C17H22N6O2/c1-16-4-10-3-11(5-16)7-17(6-10,8-16)19-14(24)12-13-20-21-22(2)15(25)23(13)9-18-12/h9-11H,3-8H2,1-2H3,(H,19,24)/t10-,11?,16+,17?/m1/s1. The molecule has 8 heteroatoms. The van der Waals surface area contributed by atoms with Crippen LogP contribution in [0.2, 0.25) is 0 Å². The number of aryl methyl sites for hydroxylation is 1. The molecule has 4 saturated carbocycles. The Morgan fingerprint density at radius 2 is 2.00 bits per heavy atom. The molecular formula is C17H22N6O2. The van der Waals surface area contributed by atoms with Crippen molar-refractivity contribution in [2.45, 2.75) is 51.0 Å². The first-order valence-corrected chi connectivity index (χ1v) is 8.96. The summed E-state index contributed by atoms with van der Waals surface area (Å²) in [7, 11) is 1.52. The molecule has 4 aliphatic carbocycles. The lowest BCUT2D eigenvalue weighted by molar-refractivity contribution is -0.0680. The predicted molar refractivity (Wildman–Crippen MR) is 89.0 cm³/mol. The van der Waals surface area contributed by atoms with Crippen LogP contribution in [0.25, 0.3) is 5.65 Å². The highest BCUT2D eigenvalue weighted by molar-refractivity contribution is 5.98. The van der Waals surface area contributed by atoms with Crippen molar-refractivity contribution in [2.24, 2.45) is 24.3 Å². The number of nitrogens with zero attached hydrogens (tertiary/aromatic N) is 5. The van der Waals surface area contributed by atoms with Crippen LogP contribution >= 0.6 is 0 Å². The second kappa shape index (κ2) is 4.68. The van der Waals surface area contributed by atoms with Gasteiger partial charge in [-0.25, -0.2) is 14.2 Å². The third kappa shape index (κ3) is 2.15. The smallest absolute Gasteiger partial charge is 0.345 e. The number of nitrogens with one attached hydrogen (secondary N) is 1. The van der Waals surface area contributed by atoms with Gasteiger partial charge in [0, 0.05) is 12.6 Å². The highest BCUT2D eigenvalue weighted by atomic mass is 16.2. The number of hydrogen-bond acceptors (Lipinski definition) is 5. The Balaban J connectivity index is 1.48. The van der Waals surface area contributed by atoms with Gasteiger partial charge in [0.2, 0.25) is 0 Å². The maximum atomic E-state index is 12.9. The molecule has 2 aromatic rings. The van der Waals surface area contributed by atoms with Crippen LogP contribution in [0.1, 0.15) is 55.9 Å². The monoisotopic (exact) mass is 342 g/mol. The number of amides is 1. The summed E-state index contributed by atoms with van der Waals surface area (Å²) in [4.78, 5) is 29.2. The Morgan fingerprint density at radius 1 is 1.28 bits per heavy atom. The molecule has 2 heterocycles. The molecule has 1 amide bonds. The summed E-state index contributed by atoms with van der Waals surface area (Å²) in [5.41, 5.74) is 0.268. The van der Waals surface area contributed by atoms with Crippen molar-refractivity contribution in [1.29, 1.82) is 0 Å². The van der Waals surface area contributed by atoms with Crippen molar-refractivity contribution in [3.8, 4) is 0 Å². The van der Waals surface area contributed by atoms with Gasteiger partial charge in [-0.1, -0.05) is 12.1 Å². The van der Waals surface area contributed by atoms with E-state index in [1.807, 2.05) is 0 Å². The summed E-state index contributed by atoms with van der Waals surface area (Å²) < 4.78 is 2.39. The number of carbonyl (C=O) groups excluding carboxylic acids is 1. The fourth-order valence-electron chi connectivity index (χ4n) is 6.21. The fraction of sp³-hybridized carbons (Fsp3) is 0.706. The highest BCUT2D eigenvalue weighted by Crippen LogP contribution is 2.61. The molecule has 2 aromatic heterocycles. The number of fused-ring (bicyclic) bond motifs is 1. The van der Waals surface area contributed by atoms with E-state index in [9.17, 15) is 9.59 Å². The van der Waals surface area contributed by atoms with Crippen molar-refractivity contribution in [3.63, 3.8) is 0 Å². The number of rotatable bonds is 2. The molecule has 4 atom stereocenters. The van der Waals surface area contributed by atoms with E-state index in [4.69, 9.17) is 0 Å². The Bertz CT molecular complexity index is 930. The van der Waals surface area contributed by atoms with Crippen molar-refractivity contribution in [1.82, 2.24) is 29.7 Å². The minimum Gasteiger partial charge on any atom is -0.345 e. The largest absolute Gasteiger partial charge is 0.352 e. The van der Waals surface area contributed by atoms with E-state index < -0.39 is 0 Å². The summed E-state index contributed by atoms with van der Waals surface area (Å²) in [6, 6.07) is 0. The molecule has 25 heavy (non-hydrogen) atoms. The maximum Gasteiger partial charge on any atom is 0.352 e. The van der Waals surface area contributed by atoms with Gasteiger partial charge in [-0.05, 0) is 55.8 Å². The molecule has 4 bridgehead atoms. The molecule has 4 fully saturated rings. The zero-order chi connectivity index (χ0) is 17.4. The SMILES string of the molecule is Cn1nnc2c(C(=O)NC34CC5C[C@@H](C3)C[C@@](C)(C5)C4)ncn2c1=O. The molecule has 2 unspecified atom stereocenters. The lowest BCUT2D eigenvalue weighted by Gasteiger charge is -2.61. The number of imidazole rings is 1. The first-order valence-electron chi connectivity index (χ1n) is 8.96. The Morgan fingerprint density at radius 3 is 2.68 bits per heavy atom. The van der Waals surface area contributed by atoms with E-state index in [1.165, 1.54) is 37.0 Å². The van der Waals surface area contributed by atoms with Gasteiger partial charge in [-0.2, -0.15) is 4.68 Å². The minimum absolute atomic E-state index is 0.126. The van der Waals surface area contributed by atoms with E-state index in [2.05, 4.69) is 27.5 Å². The number of hydrogen-bond donors (Lipinski definition) is 1. The zero-order valence-electron chi connectivity index (χ0n) is 14.5. The van der Waals surface area contributed by atoms with Gasteiger partial charge < -0.3 is 5.32 Å². The van der Waals surface area contributed by atoms with Crippen LogP contribution in [0.15, 0.2) is 11.1 Å². The van der Waals surface area contributed by atoms with E-state index in [0.717, 1.165) is 35.8 Å². The van der Waals surface area contributed by atoms with E-state index in [0.29, 0.717) is 5.41 Å². The first kappa shape index (κ1) is 15.0. The normalized spacial score (nSPS) is 36.1. The lowest BCUT2D eigenvalue weighted by Crippen LogP contribution is -2.62. The zero-order valence-corrected chi connectivity index (χ0v) is 14.5.